The number of halogens is 2. The molecule has 0 fully saturated rings. The Morgan fingerprint density at radius 1 is 1.25 bits per heavy atom. The molecule has 0 aliphatic carbocycles. The summed E-state index contributed by atoms with van der Waals surface area (Å²) in [4.78, 5) is 14.6. The summed E-state index contributed by atoms with van der Waals surface area (Å²) in [6, 6.07) is 11.8. The van der Waals surface area contributed by atoms with Crippen molar-refractivity contribution < 1.29 is 4.79 Å². The van der Waals surface area contributed by atoms with Crippen LogP contribution in [0.3, 0.4) is 0 Å². The summed E-state index contributed by atoms with van der Waals surface area (Å²) in [6.07, 6.45) is 1.87. The van der Waals surface area contributed by atoms with E-state index in [4.69, 9.17) is 11.6 Å². The Morgan fingerprint density at radius 3 is 2.71 bits per heavy atom. The number of aromatic nitrogens is 1. The maximum Gasteiger partial charge on any atom is 0.256 e. The molecule has 3 aromatic rings. The predicted molar refractivity (Wildman–Crippen MR) is 103 cm³/mol. The van der Waals surface area contributed by atoms with E-state index < -0.39 is 0 Å². The van der Waals surface area contributed by atoms with Crippen molar-refractivity contribution in [3.05, 3.63) is 68.8 Å². The van der Waals surface area contributed by atoms with Gasteiger partial charge < -0.3 is 9.47 Å². The lowest BCUT2D eigenvalue weighted by Crippen LogP contribution is -2.26. The van der Waals surface area contributed by atoms with Crippen LogP contribution in [0.25, 0.3) is 10.9 Å². The Labute approximate surface area is 155 Å². The first-order chi connectivity index (χ1) is 11.4. The topological polar surface area (TPSA) is 25.2 Å². The molecule has 24 heavy (non-hydrogen) atoms. The number of carbonyl (C=O) groups excluding carboxylic acids is 1. The first-order valence-corrected chi connectivity index (χ1v) is 8.79. The van der Waals surface area contributed by atoms with Crippen molar-refractivity contribution in [1.82, 2.24) is 9.47 Å². The zero-order chi connectivity index (χ0) is 17.4. The molecule has 0 radical (unpaired) electrons. The summed E-state index contributed by atoms with van der Waals surface area (Å²) < 4.78 is 3.03. The minimum absolute atomic E-state index is 0.0107. The lowest BCUT2D eigenvalue weighted by atomic mass is 10.1. The molecule has 2 aromatic carbocycles. The molecule has 124 valence electrons. The molecular weight excluding hydrogens is 388 g/mol. The molecule has 1 amide bonds. The Bertz CT molecular complexity index is 933. The third kappa shape index (κ3) is 3.21. The molecule has 0 saturated heterocycles. The fourth-order valence-electron chi connectivity index (χ4n) is 2.89. The number of carbonyl (C=O) groups is 1. The molecular formula is C19H18BrClN2O. The van der Waals surface area contributed by atoms with Gasteiger partial charge in [-0.25, -0.2) is 0 Å². The van der Waals surface area contributed by atoms with Gasteiger partial charge in [-0.15, -0.1) is 0 Å². The summed E-state index contributed by atoms with van der Waals surface area (Å²) in [5.41, 5.74) is 3.93. The molecule has 1 heterocycles. The second-order valence-electron chi connectivity index (χ2n) is 6.06. The highest BCUT2D eigenvalue weighted by molar-refractivity contribution is 9.10. The second kappa shape index (κ2) is 6.61. The first kappa shape index (κ1) is 17.1. The Balaban J connectivity index is 1.91. The number of aryl methyl sites for hydroxylation is 2. The van der Waals surface area contributed by atoms with Crippen LogP contribution in [0, 0.1) is 6.92 Å². The van der Waals surface area contributed by atoms with E-state index in [1.54, 1.807) is 4.90 Å². The quantitative estimate of drug-likeness (QED) is 0.590. The van der Waals surface area contributed by atoms with Gasteiger partial charge in [0.05, 0.1) is 5.56 Å². The number of fused-ring (bicyclic) bond motifs is 1. The van der Waals surface area contributed by atoms with Crippen LogP contribution in [0.2, 0.25) is 5.02 Å². The van der Waals surface area contributed by atoms with E-state index in [1.165, 1.54) is 0 Å². The predicted octanol–water partition coefficient (Wildman–Crippen LogP) is 5.17. The van der Waals surface area contributed by atoms with E-state index in [1.807, 2.05) is 62.1 Å². The lowest BCUT2D eigenvalue weighted by molar-refractivity contribution is 0.0787. The van der Waals surface area contributed by atoms with Crippen molar-refractivity contribution in [1.29, 1.82) is 0 Å². The molecule has 0 aliphatic rings. The molecule has 0 spiro atoms. The molecule has 0 unspecified atom stereocenters. The summed E-state index contributed by atoms with van der Waals surface area (Å²) in [6.45, 7) is 2.60. The van der Waals surface area contributed by atoms with Crippen LogP contribution in [-0.2, 0) is 13.6 Å². The first-order valence-electron chi connectivity index (χ1n) is 7.62. The number of benzene rings is 2. The highest BCUT2D eigenvalue weighted by Gasteiger charge is 2.18. The van der Waals surface area contributed by atoms with E-state index in [2.05, 4.69) is 22.0 Å². The van der Waals surface area contributed by atoms with Crippen LogP contribution in [0.5, 0.6) is 0 Å². The molecule has 1 aromatic heterocycles. The summed E-state index contributed by atoms with van der Waals surface area (Å²) in [5.74, 6) is -0.0107. The Morgan fingerprint density at radius 2 is 2.00 bits per heavy atom. The molecule has 0 saturated carbocycles. The van der Waals surface area contributed by atoms with Gasteiger partial charge in [-0.1, -0.05) is 39.7 Å². The van der Waals surface area contributed by atoms with Crippen LogP contribution in [0.1, 0.15) is 21.5 Å². The normalized spacial score (nSPS) is 11.0. The second-order valence-corrected chi connectivity index (χ2v) is 7.35. The van der Waals surface area contributed by atoms with Crippen molar-refractivity contribution in [3.63, 3.8) is 0 Å². The van der Waals surface area contributed by atoms with E-state index >= 15 is 0 Å². The van der Waals surface area contributed by atoms with Crippen molar-refractivity contribution in [2.45, 2.75) is 13.5 Å². The van der Waals surface area contributed by atoms with Gasteiger partial charge in [-0.3, -0.25) is 4.79 Å². The monoisotopic (exact) mass is 404 g/mol. The van der Waals surface area contributed by atoms with Crippen LogP contribution in [0.4, 0.5) is 0 Å². The fraction of sp³-hybridized carbons (Fsp3) is 0.211. The van der Waals surface area contributed by atoms with Crippen LogP contribution in [0.15, 0.2) is 47.1 Å². The van der Waals surface area contributed by atoms with Gasteiger partial charge in [0.15, 0.2) is 0 Å². The SMILES string of the molecule is Cc1cc(CN(C)C(=O)c2cn(C)c3ccc(Cl)cc23)ccc1Br. The van der Waals surface area contributed by atoms with Gasteiger partial charge in [-0.05, 0) is 42.3 Å². The lowest BCUT2D eigenvalue weighted by Gasteiger charge is -2.17. The van der Waals surface area contributed by atoms with E-state index in [0.29, 0.717) is 17.1 Å². The van der Waals surface area contributed by atoms with Crippen LogP contribution in [-0.4, -0.2) is 22.4 Å². The van der Waals surface area contributed by atoms with Crippen LogP contribution >= 0.6 is 27.5 Å². The third-order valence-electron chi connectivity index (χ3n) is 4.17. The van der Waals surface area contributed by atoms with Gasteiger partial charge in [0.25, 0.3) is 5.91 Å². The van der Waals surface area contributed by atoms with E-state index in [9.17, 15) is 4.79 Å². The number of amides is 1. The van der Waals surface area contributed by atoms with Gasteiger partial charge in [0, 0.05) is 47.2 Å². The van der Waals surface area contributed by atoms with Crippen molar-refractivity contribution >= 4 is 44.3 Å². The number of nitrogens with zero attached hydrogens (tertiary/aromatic N) is 2. The number of rotatable bonds is 3. The minimum Gasteiger partial charge on any atom is -0.350 e. The maximum absolute atomic E-state index is 12.9. The Kier molecular flexibility index (Phi) is 4.70. The standard InChI is InChI=1S/C19H18BrClN2O/c1-12-8-13(4-6-17(12)20)10-23(3)19(24)16-11-22(2)18-7-5-14(21)9-15(16)18/h4-9,11H,10H2,1-3H3. The molecule has 3 nitrogen and oxygen atoms in total. The van der Waals surface area contributed by atoms with Gasteiger partial charge >= 0.3 is 0 Å². The van der Waals surface area contributed by atoms with E-state index in [0.717, 1.165) is 26.5 Å². The number of hydrogen-bond donors (Lipinski definition) is 0. The fourth-order valence-corrected chi connectivity index (χ4v) is 3.31. The summed E-state index contributed by atoms with van der Waals surface area (Å²) in [5, 5.41) is 1.52. The molecule has 0 atom stereocenters. The third-order valence-corrected chi connectivity index (χ3v) is 5.30. The molecule has 5 heteroatoms. The van der Waals surface area contributed by atoms with Crippen molar-refractivity contribution in [2.75, 3.05) is 7.05 Å². The summed E-state index contributed by atoms with van der Waals surface area (Å²) in [7, 11) is 3.76. The van der Waals surface area contributed by atoms with Crippen molar-refractivity contribution in [3.8, 4) is 0 Å². The van der Waals surface area contributed by atoms with Crippen LogP contribution < -0.4 is 0 Å². The molecule has 0 aliphatic heterocycles. The van der Waals surface area contributed by atoms with Gasteiger partial charge in [0.1, 0.15) is 0 Å². The molecule has 0 bridgehead atoms. The van der Waals surface area contributed by atoms with Gasteiger partial charge in [-0.2, -0.15) is 0 Å². The van der Waals surface area contributed by atoms with Crippen molar-refractivity contribution in [2.24, 2.45) is 7.05 Å². The zero-order valence-corrected chi connectivity index (χ0v) is 16.1. The van der Waals surface area contributed by atoms with Gasteiger partial charge in [0.2, 0.25) is 0 Å². The highest BCUT2D eigenvalue weighted by atomic mass is 79.9. The zero-order valence-electron chi connectivity index (χ0n) is 13.8. The average Bonchev–Trinajstić information content (AvgIpc) is 2.86. The molecule has 0 N–H and O–H groups in total. The Hall–Kier alpha value is -1.78. The smallest absolute Gasteiger partial charge is 0.256 e. The van der Waals surface area contributed by atoms with E-state index in [-0.39, 0.29) is 5.91 Å². The highest BCUT2D eigenvalue weighted by Crippen LogP contribution is 2.26. The minimum atomic E-state index is -0.0107. The average molecular weight is 406 g/mol. The maximum atomic E-state index is 12.9. The molecule has 3 rings (SSSR count). The largest absolute Gasteiger partial charge is 0.350 e. The number of hydrogen-bond acceptors (Lipinski definition) is 1. The summed E-state index contributed by atoms with van der Waals surface area (Å²) >= 11 is 9.61.